The van der Waals surface area contributed by atoms with E-state index < -0.39 is 0 Å². The molecule has 108 valence electrons. The van der Waals surface area contributed by atoms with Gasteiger partial charge in [-0.05, 0) is 42.4 Å². The van der Waals surface area contributed by atoms with E-state index in [-0.39, 0.29) is 5.91 Å². The Hall–Kier alpha value is -1.88. The van der Waals surface area contributed by atoms with Crippen molar-refractivity contribution in [3.63, 3.8) is 0 Å². The van der Waals surface area contributed by atoms with Gasteiger partial charge in [0.2, 0.25) is 5.91 Å². The standard InChI is InChI=1S/C15H20N2O2S/c1-4-9-19-13-7-5-12(6-8-13)16-15(20)17-14(18)10-11(2)3/h4-8,11H,1,9-10H2,2-3H3,(H2,16,17,18,20). The molecule has 1 aromatic carbocycles. The van der Waals surface area contributed by atoms with Gasteiger partial charge in [-0.2, -0.15) is 0 Å². The zero-order valence-electron chi connectivity index (χ0n) is 11.8. The number of benzene rings is 1. The van der Waals surface area contributed by atoms with E-state index in [0.717, 1.165) is 11.4 Å². The van der Waals surface area contributed by atoms with Crippen molar-refractivity contribution >= 4 is 28.9 Å². The zero-order valence-corrected chi connectivity index (χ0v) is 12.6. The highest BCUT2D eigenvalue weighted by Gasteiger charge is 2.07. The molecule has 20 heavy (non-hydrogen) atoms. The molecular formula is C15H20N2O2S. The first-order valence-electron chi connectivity index (χ1n) is 6.46. The van der Waals surface area contributed by atoms with Gasteiger partial charge in [0.05, 0.1) is 0 Å². The van der Waals surface area contributed by atoms with Crippen LogP contribution in [0.25, 0.3) is 0 Å². The molecule has 1 amide bonds. The van der Waals surface area contributed by atoms with Crippen LogP contribution in [0, 0.1) is 5.92 Å². The van der Waals surface area contributed by atoms with Gasteiger partial charge in [-0.1, -0.05) is 26.5 Å². The maximum atomic E-state index is 11.6. The Balaban J connectivity index is 2.45. The number of nitrogens with one attached hydrogen (secondary N) is 2. The van der Waals surface area contributed by atoms with Crippen LogP contribution in [-0.2, 0) is 4.79 Å². The molecule has 1 rings (SSSR count). The van der Waals surface area contributed by atoms with E-state index >= 15 is 0 Å². The van der Waals surface area contributed by atoms with Crippen molar-refractivity contribution in [1.29, 1.82) is 0 Å². The second-order valence-electron chi connectivity index (χ2n) is 4.72. The van der Waals surface area contributed by atoms with Crippen molar-refractivity contribution in [2.24, 2.45) is 5.92 Å². The average molecular weight is 292 g/mol. The summed E-state index contributed by atoms with van der Waals surface area (Å²) in [5, 5.41) is 5.90. The van der Waals surface area contributed by atoms with Crippen LogP contribution in [-0.4, -0.2) is 17.6 Å². The minimum absolute atomic E-state index is 0.0802. The Bertz CT molecular complexity index is 469. The van der Waals surface area contributed by atoms with Crippen molar-refractivity contribution in [1.82, 2.24) is 5.32 Å². The first-order valence-corrected chi connectivity index (χ1v) is 6.86. The van der Waals surface area contributed by atoms with E-state index in [1.165, 1.54) is 0 Å². The van der Waals surface area contributed by atoms with Crippen LogP contribution in [0.1, 0.15) is 20.3 Å². The first-order chi connectivity index (χ1) is 9.51. The molecule has 0 fully saturated rings. The van der Waals surface area contributed by atoms with Crippen molar-refractivity contribution in [2.45, 2.75) is 20.3 Å². The molecule has 1 aromatic rings. The molecule has 0 spiro atoms. The lowest BCUT2D eigenvalue weighted by atomic mass is 10.1. The second kappa shape index (κ2) is 8.32. The fraction of sp³-hybridized carbons (Fsp3) is 0.333. The number of carbonyl (C=O) groups excluding carboxylic acids is 1. The van der Waals surface area contributed by atoms with Gasteiger partial charge in [0, 0.05) is 12.1 Å². The summed E-state index contributed by atoms with van der Waals surface area (Å²) in [5.41, 5.74) is 0.797. The summed E-state index contributed by atoms with van der Waals surface area (Å²) in [6, 6.07) is 7.31. The van der Waals surface area contributed by atoms with Gasteiger partial charge >= 0.3 is 0 Å². The van der Waals surface area contributed by atoms with Gasteiger partial charge in [0.1, 0.15) is 12.4 Å². The number of ether oxygens (including phenoxy) is 1. The molecule has 0 unspecified atom stereocenters. The van der Waals surface area contributed by atoms with Crippen molar-refractivity contribution in [3.05, 3.63) is 36.9 Å². The molecular weight excluding hydrogens is 272 g/mol. The first kappa shape index (κ1) is 16.2. The molecule has 0 bridgehead atoms. The van der Waals surface area contributed by atoms with Crippen LogP contribution in [0.4, 0.5) is 5.69 Å². The summed E-state index contributed by atoms with van der Waals surface area (Å²) >= 11 is 5.08. The fourth-order valence-corrected chi connectivity index (χ4v) is 1.73. The Morgan fingerprint density at radius 3 is 2.60 bits per heavy atom. The highest BCUT2D eigenvalue weighted by Crippen LogP contribution is 2.15. The number of amides is 1. The molecule has 0 heterocycles. The number of thiocarbonyl (C=S) groups is 1. The molecule has 0 aromatic heterocycles. The SMILES string of the molecule is C=CCOc1ccc(NC(=S)NC(=O)CC(C)C)cc1. The van der Waals surface area contributed by atoms with Gasteiger partial charge in [0.25, 0.3) is 0 Å². The quantitative estimate of drug-likeness (QED) is 0.625. The molecule has 0 aliphatic heterocycles. The molecule has 5 heteroatoms. The number of hydrogen-bond acceptors (Lipinski definition) is 3. The normalized spacial score (nSPS) is 9.95. The van der Waals surface area contributed by atoms with E-state index in [9.17, 15) is 4.79 Å². The second-order valence-corrected chi connectivity index (χ2v) is 5.13. The fourth-order valence-electron chi connectivity index (χ4n) is 1.50. The van der Waals surface area contributed by atoms with Crippen LogP contribution in [0.2, 0.25) is 0 Å². The smallest absolute Gasteiger partial charge is 0.226 e. The van der Waals surface area contributed by atoms with Crippen LogP contribution in [0.3, 0.4) is 0 Å². The van der Waals surface area contributed by atoms with Crippen molar-refractivity contribution < 1.29 is 9.53 Å². The summed E-state index contributed by atoms with van der Waals surface area (Å²) < 4.78 is 5.38. The summed E-state index contributed by atoms with van der Waals surface area (Å²) in [4.78, 5) is 11.6. The largest absolute Gasteiger partial charge is 0.490 e. The summed E-state index contributed by atoms with van der Waals surface area (Å²) in [5.74, 6) is 0.979. The average Bonchev–Trinajstić information content (AvgIpc) is 2.36. The molecule has 0 saturated heterocycles. The zero-order chi connectivity index (χ0) is 15.0. The topological polar surface area (TPSA) is 50.4 Å². The van der Waals surface area contributed by atoms with Gasteiger partial charge < -0.3 is 15.4 Å². The molecule has 0 aliphatic carbocycles. The van der Waals surface area contributed by atoms with E-state index in [0.29, 0.717) is 24.1 Å². The van der Waals surface area contributed by atoms with Crippen LogP contribution < -0.4 is 15.4 Å². The summed E-state index contributed by atoms with van der Waals surface area (Å²) in [6.07, 6.45) is 2.14. The number of carbonyl (C=O) groups is 1. The molecule has 4 nitrogen and oxygen atoms in total. The van der Waals surface area contributed by atoms with E-state index in [1.54, 1.807) is 6.08 Å². The third-order valence-corrected chi connectivity index (χ3v) is 2.53. The van der Waals surface area contributed by atoms with Gasteiger partial charge in [0.15, 0.2) is 5.11 Å². The van der Waals surface area contributed by atoms with Crippen molar-refractivity contribution in [3.8, 4) is 5.75 Å². The summed E-state index contributed by atoms with van der Waals surface area (Å²) in [6.45, 7) is 8.02. The molecule has 0 aliphatic rings. The number of hydrogen-bond donors (Lipinski definition) is 2. The van der Waals surface area contributed by atoms with E-state index in [2.05, 4.69) is 17.2 Å². The van der Waals surface area contributed by atoms with Gasteiger partial charge in [-0.15, -0.1) is 0 Å². The highest BCUT2D eigenvalue weighted by atomic mass is 32.1. The Kier molecular flexibility index (Phi) is 6.73. The lowest BCUT2D eigenvalue weighted by molar-refractivity contribution is -0.120. The minimum Gasteiger partial charge on any atom is -0.490 e. The third-order valence-electron chi connectivity index (χ3n) is 2.33. The Morgan fingerprint density at radius 1 is 1.40 bits per heavy atom. The molecule has 0 saturated carbocycles. The van der Waals surface area contributed by atoms with E-state index in [4.69, 9.17) is 17.0 Å². The molecule has 0 atom stereocenters. The van der Waals surface area contributed by atoms with Gasteiger partial charge in [-0.25, -0.2) is 0 Å². The highest BCUT2D eigenvalue weighted by molar-refractivity contribution is 7.80. The molecule has 2 N–H and O–H groups in total. The minimum atomic E-state index is -0.0802. The maximum absolute atomic E-state index is 11.6. The third kappa shape index (κ3) is 6.33. The monoisotopic (exact) mass is 292 g/mol. The lowest BCUT2D eigenvalue weighted by Gasteiger charge is -2.11. The lowest BCUT2D eigenvalue weighted by Crippen LogP contribution is -2.34. The number of anilines is 1. The maximum Gasteiger partial charge on any atom is 0.226 e. The van der Waals surface area contributed by atoms with Crippen LogP contribution in [0.15, 0.2) is 36.9 Å². The predicted molar refractivity (Wildman–Crippen MR) is 86.0 cm³/mol. The van der Waals surface area contributed by atoms with Crippen molar-refractivity contribution in [2.75, 3.05) is 11.9 Å². The Morgan fingerprint density at radius 2 is 2.05 bits per heavy atom. The predicted octanol–water partition coefficient (Wildman–Crippen LogP) is 3.11. The van der Waals surface area contributed by atoms with Gasteiger partial charge in [-0.3, -0.25) is 4.79 Å². The number of rotatable bonds is 6. The summed E-state index contributed by atoms with van der Waals surface area (Å²) in [7, 11) is 0. The molecule has 0 radical (unpaired) electrons. The Labute approximate surface area is 125 Å². The van der Waals surface area contributed by atoms with E-state index in [1.807, 2.05) is 38.1 Å². The van der Waals surface area contributed by atoms with Crippen LogP contribution in [0.5, 0.6) is 5.75 Å². The van der Waals surface area contributed by atoms with Crippen LogP contribution >= 0.6 is 12.2 Å².